The minimum Gasteiger partial charge on any atom is -0.483 e. The summed E-state index contributed by atoms with van der Waals surface area (Å²) in [4.78, 5) is 0. The molecular formula is C25H24F8O2. The van der Waals surface area contributed by atoms with E-state index in [2.05, 4.69) is 6.92 Å². The molecule has 0 bridgehead atoms. The third-order valence-corrected chi connectivity index (χ3v) is 5.54. The molecule has 2 nitrogen and oxygen atoms in total. The molecule has 1 aliphatic heterocycles. The van der Waals surface area contributed by atoms with Crippen LogP contribution in [-0.2, 0) is 11.3 Å². The van der Waals surface area contributed by atoms with Gasteiger partial charge in [-0.15, -0.1) is 0 Å². The Kier molecular flexibility index (Phi) is 10.7. The lowest BCUT2D eigenvalue weighted by Crippen LogP contribution is -2.18. The first-order valence-electron chi connectivity index (χ1n) is 10.3. The highest BCUT2D eigenvalue weighted by molar-refractivity contribution is 5.65. The molecule has 0 N–H and O–H groups in total. The topological polar surface area (TPSA) is 18.5 Å². The average molecular weight is 508 g/mol. The van der Waals surface area contributed by atoms with Gasteiger partial charge in [0.05, 0.1) is 6.10 Å². The standard InChI is InChI=1S/C25H21F5O2.3FH/c1-14-2-7-23(31-12-14)17-5-3-16(4-6-17)18-10-21(28)25(22(29)11-18)32-13-15-8-19(26)24(30)20(27)9-15;;;/h3-6,8-11,14,23H,2,7,12-13H2,1H3;3*1H. The number of hydrogen-bond acceptors (Lipinski definition) is 2. The molecule has 0 radical (unpaired) electrons. The molecule has 2 atom stereocenters. The summed E-state index contributed by atoms with van der Waals surface area (Å²) in [6.45, 7) is 2.32. The molecule has 35 heavy (non-hydrogen) atoms. The Labute approximate surface area is 196 Å². The van der Waals surface area contributed by atoms with E-state index >= 15 is 0 Å². The van der Waals surface area contributed by atoms with Crippen molar-refractivity contribution in [1.82, 2.24) is 0 Å². The monoisotopic (exact) mass is 508 g/mol. The van der Waals surface area contributed by atoms with Gasteiger partial charge in [-0.1, -0.05) is 31.2 Å². The summed E-state index contributed by atoms with van der Waals surface area (Å²) in [5.41, 5.74) is 1.85. The summed E-state index contributed by atoms with van der Waals surface area (Å²) in [5, 5.41) is 0. The van der Waals surface area contributed by atoms with Crippen LogP contribution in [-0.4, -0.2) is 6.61 Å². The van der Waals surface area contributed by atoms with Crippen LogP contribution in [0, 0.1) is 35.0 Å². The lowest BCUT2D eigenvalue weighted by Gasteiger charge is -2.27. The van der Waals surface area contributed by atoms with Gasteiger partial charge < -0.3 is 9.47 Å². The van der Waals surface area contributed by atoms with Crippen molar-refractivity contribution in [2.24, 2.45) is 5.92 Å². The van der Waals surface area contributed by atoms with Crippen LogP contribution in [0.4, 0.5) is 36.1 Å². The smallest absolute Gasteiger partial charge is 0.194 e. The van der Waals surface area contributed by atoms with Gasteiger partial charge in [0.25, 0.3) is 0 Å². The second-order valence-electron chi connectivity index (χ2n) is 8.06. The Hall–Kier alpha value is -3.14. The quantitative estimate of drug-likeness (QED) is 0.261. The van der Waals surface area contributed by atoms with E-state index in [1.54, 1.807) is 12.1 Å². The fraction of sp³-hybridized carbons (Fsp3) is 0.280. The van der Waals surface area contributed by atoms with Crippen molar-refractivity contribution in [2.75, 3.05) is 6.61 Å². The average Bonchev–Trinajstić information content (AvgIpc) is 2.77. The zero-order chi connectivity index (χ0) is 22.8. The maximum absolute atomic E-state index is 14.5. The molecule has 0 spiro atoms. The highest BCUT2D eigenvalue weighted by Crippen LogP contribution is 2.33. The Morgan fingerprint density at radius 2 is 1.34 bits per heavy atom. The van der Waals surface area contributed by atoms with Gasteiger partial charge >= 0.3 is 0 Å². The van der Waals surface area contributed by atoms with Crippen LogP contribution in [0.5, 0.6) is 5.75 Å². The van der Waals surface area contributed by atoms with Crippen molar-refractivity contribution in [3.05, 3.63) is 88.7 Å². The predicted octanol–water partition coefficient (Wildman–Crippen LogP) is 7.57. The van der Waals surface area contributed by atoms with Crippen molar-refractivity contribution < 1.29 is 45.5 Å². The van der Waals surface area contributed by atoms with Gasteiger partial charge in [0.1, 0.15) is 6.61 Å². The predicted molar refractivity (Wildman–Crippen MR) is 117 cm³/mol. The number of halogens is 8. The molecule has 192 valence electrons. The van der Waals surface area contributed by atoms with Crippen LogP contribution in [0.3, 0.4) is 0 Å². The summed E-state index contributed by atoms with van der Waals surface area (Å²) < 4.78 is 79.6. The Morgan fingerprint density at radius 3 is 1.86 bits per heavy atom. The summed E-state index contributed by atoms with van der Waals surface area (Å²) in [6, 6.07) is 11.0. The molecular weight excluding hydrogens is 484 g/mol. The van der Waals surface area contributed by atoms with Gasteiger partial charge in [0, 0.05) is 6.61 Å². The summed E-state index contributed by atoms with van der Waals surface area (Å²) in [7, 11) is 0. The van der Waals surface area contributed by atoms with E-state index in [-0.39, 0.29) is 25.8 Å². The molecule has 1 saturated heterocycles. The molecule has 1 aliphatic rings. The SMILES string of the molecule is CC1CCC(c2ccc(-c3cc(F)c(OCc4cc(F)c(F)c(F)c4)c(F)c3)cc2)OC1.F.F.F. The minimum absolute atomic E-state index is 0. The molecule has 0 amide bonds. The number of hydrogen-bond donors (Lipinski definition) is 0. The van der Waals surface area contributed by atoms with E-state index in [0.717, 1.165) is 30.5 Å². The molecule has 0 saturated carbocycles. The van der Waals surface area contributed by atoms with Crippen molar-refractivity contribution >= 4 is 0 Å². The fourth-order valence-corrected chi connectivity index (χ4v) is 3.75. The lowest BCUT2D eigenvalue weighted by atomic mass is 9.94. The maximum atomic E-state index is 14.5. The van der Waals surface area contributed by atoms with Crippen LogP contribution in [0.1, 0.15) is 37.0 Å². The molecule has 1 fully saturated rings. The van der Waals surface area contributed by atoms with Crippen molar-refractivity contribution in [1.29, 1.82) is 0 Å². The lowest BCUT2D eigenvalue weighted by molar-refractivity contribution is -0.0123. The van der Waals surface area contributed by atoms with Gasteiger partial charge in [0.15, 0.2) is 34.8 Å². The second-order valence-corrected chi connectivity index (χ2v) is 8.06. The fourth-order valence-electron chi connectivity index (χ4n) is 3.75. The largest absolute Gasteiger partial charge is 0.483 e. The van der Waals surface area contributed by atoms with E-state index in [4.69, 9.17) is 9.47 Å². The Bertz CT molecular complexity index is 1070. The molecule has 0 aliphatic carbocycles. The Morgan fingerprint density at radius 1 is 0.771 bits per heavy atom. The number of benzene rings is 3. The number of ether oxygens (including phenoxy) is 2. The van der Waals surface area contributed by atoms with Gasteiger partial charge in [-0.25, -0.2) is 22.0 Å². The van der Waals surface area contributed by atoms with Gasteiger partial charge in [-0.05, 0) is 65.3 Å². The molecule has 2 unspecified atom stereocenters. The highest BCUT2D eigenvalue weighted by Gasteiger charge is 2.21. The summed E-state index contributed by atoms with van der Waals surface area (Å²) in [5.74, 6) is -6.49. The van der Waals surface area contributed by atoms with Crippen LogP contribution < -0.4 is 4.74 Å². The Balaban J connectivity index is 0.00000204. The zero-order valence-electron chi connectivity index (χ0n) is 18.5. The van der Waals surface area contributed by atoms with E-state index < -0.39 is 41.4 Å². The third kappa shape index (κ3) is 6.72. The number of rotatable bonds is 5. The van der Waals surface area contributed by atoms with Gasteiger partial charge in [0.2, 0.25) is 0 Å². The zero-order valence-corrected chi connectivity index (χ0v) is 18.5. The highest BCUT2D eigenvalue weighted by atomic mass is 19.2. The second kappa shape index (κ2) is 12.5. The molecule has 3 aromatic rings. The molecule has 4 rings (SSSR count). The van der Waals surface area contributed by atoms with E-state index in [0.29, 0.717) is 35.8 Å². The van der Waals surface area contributed by atoms with Gasteiger partial charge in [-0.3, -0.25) is 14.1 Å². The normalized spacial score (nSPS) is 17.0. The van der Waals surface area contributed by atoms with Gasteiger partial charge in [-0.2, -0.15) is 0 Å². The van der Waals surface area contributed by atoms with Crippen LogP contribution in [0.15, 0.2) is 48.5 Å². The maximum Gasteiger partial charge on any atom is 0.194 e. The summed E-state index contributed by atoms with van der Waals surface area (Å²) in [6.07, 6.45) is 2.03. The van der Waals surface area contributed by atoms with Crippen molar-refractivity contribution in [3.8, 4) is 16.9 Å². The van der Waals surface area contributed by atoms with E-state index in [1.807, 2.05) is 12.1 Å². The van der Waals surface area contributed by atoms with E-state index in [9.17, 15) is 22.0 Å². The molecule has 1 heterocycles. The molecule has 0 aromatic heterocycles. The molecule has 3 aromatic carbocycles. The van der Waals surface area contributed by atoms with Crippen LogP contribution in [0.2, 0.25) is 0 Å². The van der Waals surface area contributed by atoms with E-state index in [1.165, 1.54) is 0 Å². The van der Waals surface area contributed by atoms with Crippen molar-refractivity contribution in [2.45, 2.75) is 32.5 Å². The molecule has 10 heteroatoms. The first-order valence-corrected chi connectivity index (χ1v) is 10.3. The minimum atomic E-state index is -1.62. The third-order valence-electron chi connectivity index (χ3n) is 5.54. The van der Waals surface area contributed by atoms with Crippen LogP contribution in [0.25, 0.3) is 11.1 Å². The first-order chi connectivity index (χ1) is 15.3. The van der Waals surface area contributed by atoms with Crippen molar-refractivity contribution in [3.63, 3.8) is 0 Å². The summed E-state index contributed by atoms with van der Waals surface area (Å²) >= 11 is 0. The van der Waals surface area contributed by atoms with Crippen LogP contribution >= 0.6 is 0 Å². The first kappa shape index (κ1) is 29.9.